The molecule has 0 unspecified atom stereocenters. The minimum absolute atomic E-state index is 0.384. The highest BCUT2D eigenvalue weighted by molar-refractivity contribution is 7.89. The van der Waals surface area contributed by atoms with Gasteiger partial charge in [0.05, 0.1) is 4.90 Å². The van der Waals surface area contributed by atoms with Gasteiger partial charge >= 0.3 is 0 Å². The number of aryl methyl sites for hydroxylation is 1. The minimum Gasteiger partial charge on any atom is -0.357 e. The maximum absolute atomic E-state index is 13.0. The maximum atomic E-state index is 13.0. The van der Waals surface area contributed by atoms with E-state index in [9.17, 15) is 8.42 Å². The molecule has 1 saturated heterocycles. The predicted octanol–water partition coefficient (Wildman–Crippen LogP) is 3.57. The lowest BCUT2D eigenvalue weighted by atomic mass is 9.97. The van der Waals surface area contributed by atoms with Gasteiger partial charge in [0, 0.05) is 32.4 Å². The lowest BCUT2D eigenvalue weighted by Crippen LogP contribution is -2.41. The lowest BCUT2D eigenvalue weighted by molar-refractivity contribution is 0.308. The van der Waals surface area contributed by atoms with Crippen molar-refractivity contribution in [3.63, 3.8) is 0 Å². The molecule has 0 N–H and O–H groups in total. The number of piperidine rings is 1. The predicted molar refractivity (Wildman–Crippen MR) is 109 cm³/mol. The molecular weight excluding hydrogens is 358 g/mol. The van der Waals surface area contributed by atoms with Gasteiger partial charge in [-0.05, 0) is 55.0 Å². The van der Waals surface area contributed by atoms with Gasteiger partial charge in [-0.3, -0.25) is 0 Å². The van der Waals surface area contributed by atoms with E-state index in [0.29, 0.717) is 23.9 Å². The Kier molecular flexibility index (Phi) is 6.50. The van der Waals surface area contributed by atoms with Crippen LogP contribution in [0.3, 0.4) is 0 Å². The van der Waals surface area contributed by atoms with Crippen LogP contribution in [0.2, 0.25) is 0 Å². The summed E-state index contributed by atoms with van der Waals surface area (Å²) in [6.45, 7) is 6.91. The van der Waals surface area contributed by atoms with Crippen LogP contribution < -0.4 is 4.90 Å². The second kappa shape index (κ2) is 8.85. The van der Waals surface area contributed by atoms with Crippen LogP contribution in [0.5, 0.6) is 0 Å². The van der Waals surface area contributed by atoms with Crippen LogP contribution >= 0.6 is 0 Å². The fourth-order valence-corrected chi connectivity index (χ4v) is 5.14. The van der Waals surface area contributed by atoms with Gasteiger partial charge in [0.25, 0.3) is 0 Å². The Balaban J connectivity index is 1.63. The Bertz CT molecular complexity index is 814. The van der Waals surface area contributed by atoms with Gasteiger partial charge in [-0.1, -0.05) is 32.0 Å². The molecule has 0 bridgehead atoms. The smallest absolute Gasteiger partial charge is 0.243 e. The quantitative estimate of drug-likeness (QED) is 0.729. The fourth-order valence-electron chi connectivity index (χ4n) is 3.62. The highest BCUT2D eigenvalue weighted by Gasteiger charge is 2.28. The molecule has 0 aliphatic carbocycles. The van der Waals surface area contributed by atoms with Crippen LogP contribution in [-0.4, -0.2) is 43.9 Å². The Morgan fingerprint density at radius 1 is 1.07 bits per heavy atom. The van der Waals surface area contributed by atoms with E-state index in [1.807, 2.05) is 43.5 Å². The molecule has 1 aromatic heterocycles. The zero-order chi connectivity index (χ0) is 19.3. The fraction of sp³-hybridized carbons (Fsp3) is 0.476. The van der Waals surface area contributed by atoms with Crippen molar-refractivity contribution >= 4 is 15.8 Å². The average Bonchev–Trinajstić information content (AvgIpc) is 2.73. The third-order valence-electron chi connectivity index (χ3n) is 5.37. The summed E-state index contributed by atoms with van der Waals surface area (Å²) in [7, 11) is -3.43. The molecule has 0 amide bonds. The molecule has 1 aromatic carbocycles. The van der Waals surface area contributed by atoms with Gasteiger partial charge in [-0.15, -0.1) is 0 Å². The second-order valence-corrected chi connectivity index (χ2v) is 9.01. The van der Waals surface area contributed by atoms with Gasteiger partial charge in [0.15, 0.2) is 0 Å². The van der Waals surface area contributed by atoms with Crippen LogP contribution in [0.4, 0.5) is 5.82 Å². The first-order chi connectivity index (χ1) is 13.0. The summed E-state index contributed by atoms with van der Waals surface area (Å²) in [4.78, 5) is 7.10. The molecule has 3 rings (SSSR count). The zero-order valence-electron chi connectivity index (χ0n) is 16.2. The van der Waals surface area contributed by atoms with Gasteiger partial charge < -0.3 is 4.90 Å². The third-order valence-corrected chi connectivity index (χ3v) is 7.33. The third kappa shape index (κ3) is 4.68. The second-order valence-electron chi connectivity index (χ2n) is 7.07. The summed E-state index contributed by atoms with van der Waals surface area (Å²) < 4.78 is 27.7. The van der Waals surface area contributed by atoms with Gasteiger partial charge in [0.2, 0.25) is 10.0 Å². The van der Waals surface area contributed by atoms with E-state index in [4.69, 9.17) is 0 Å². The number of rotatable bonds is 7. The van der Waals surface area contributed by atoms with E-state index in [-0.39, 0.29) is 0 Å². The molecule has 1 aliphatic heterocycles. The van der Waals surface area contributed by atoms with E-state index in [1.165, 1.54) is 0 Å². The number of sulfonamides is 1. The Morgan fingerprint density at radius 2 is 1.78 bits per heavy atom. The molecule has 1 aliphatic rings. The summed E-state index contributed by atoms with van der Waals surface area (Å²) in [5, 5.41) is 0. The largest absolute Gasteiger partial charge is 0.357 e. The molecule has 0 radical (unpaired) electrons. The van der Waals surface area contributed by atoms with Crippen molar-refractivity contribution in [3.05, 3.63) is 54.2 Å². The molecular formula is C21H29N3O2S. The first-order valence-electron chi connectivity index (χ1n) is 9.79. The van der Waals surface area contributed by atoms with Gasteiger partial charge in [-0.2, -0.15) is 4.31 Å². The molecule has 6 heteroatoms. The van der Waals surface area contributed by atoms with Crippen LogP contribution in [0.25, 0.3) is 0 Å². The highest BCUT2D eigenvalue weighted by atomic mass is 32.2. The molecule has 5 nitrogen and oxygen atoms in total. The molecule has 0 saturated carbocycles. The number of anilines is 1. The molecule has 1 fully saturated rings. The van der Waals surface area contributed by atoms with Crippen molar-refractivity contribution in [3.8, 4) is 0 Å². The lowest BCUT2D eigenvalue weighted by Gasteiger charge is -2.35. The van der Waals surface area contributed by atoms with Crippen molar-refractivity contribution in [1.29, 1.82) is 0 Å². The topological polar surface area (TPSA) is 53.5 Å². The first-order valence-corrected chi connectivity index (χ1v) is 11.2. The molecule has 146 valence electrons. The van der Waals surface area contributed by atoms with Crippen molar-refractivity contribution in [2.75, 3.05) is 31.1 Å². The average molecular weight is 388 g/mol. The van der Waals surface area contributed by atoms with Crippen molar-refractivity contribution in [1.82, 2.24) is 9.29 Å². The van der Waals surface area contributed by atoms with Crippen molar-refractivity contribution < 1.29 is 8.42 Å². The summed E-state index contributed by atoms with van der Waals surface area (Å²) in [5.41, 5.74) is 1.15. The normalized spacial score (nSPS) is 16.0. The summed E-state index contributed by atoms with van der Waals surface area (Å²) in [6, 6.07) is 13.2. The van der Waals surface area contributed by atoms with Crippen LogP contribution in [0, 0.1) is 5.92 Å². The van der Waals surface area contributed by atoms with E-state index in [0.717, 1.165) is 43.7 Å². The maximum Gasteiger partial charge on any atom is 0.243 e. The van der Waals surface area contributed by atoms with Crippen molar-refractivity contribution in [2.24, 2.45) is 5.92 Å². The van der Waals surface area contributed by atoms with Gasteiger partial charge in [-0.25, -0.2) is 13.4 Å². The Morgan fingerprint density at radius 3 is 2.33 bits per heavy atom. The monoisotopic (exact) mass is 387 g/mol. The highest BCUT2D eigenvalue weighted by Crippen LogP contribution is 2.25. The number of aromatic nitrogens is 1. The van der Waals surface area contributed by atoms with Crippen LogP contribution in [0.1, 0.15) is 32.3 Å². The number of benzene rings is 1. The van der Waals surface area contributed by atoms with E-state index >= 15 is 0 Å². The van der Waals surface area contributed by atoms with Crippen molar-refractivity contribution in [2.45, 2.75) is 38.0 Å². The first kappa shape index (κ1) is 19.8. The summed E-state index contributed by atoms with van der Waals surface area (Å²) in [6.07, 6.45) is 4.69. The standard InChI is InChI=1S/C21H29N3O2S/c1-3-18-8-10-20(11-9-18)27(25,26)24(4-2)17-19-12-15-23(16-13-19)21-7-5-6-14-22-21/h5-11,14,19H,3-4,12-13,15-17H2,1-2H3. The number of nitrogens with zero attached hydrogens (tertiary/aromatic N) is 3. The molecule has 0 spiro atoms. The Labute approximate surface area is 163 Å². The summed E-state index contributed by atoms with van der Waals surface area (Å²) >= 11 is 0. The number of pyridine rings is 1. The van der Waals surface area contributed by atoms with Crippen LogP contribution in [0.15, 0.2) is 53.6 Å². The zero-order valence-corrected chi connectivity index (χ0v) is 17.0. The van der Waals surface area contributed by atoms with E-state index < -0.39 is 10.0 Å². The van der Waals surface area contributed by atoms with Crippen LogP contribution in [-0.2, 0) is 16.4 Å². The summed E-state index contributed by atoms with van der Waals surface area (Å²) in [5.74, 6) is 1.39. The number of hydrogen-bond acceptors (Lipinski definition) is 4. The number of hydrogen-bond donors (Lipinski definition) is 0. The van der Waals surface area contributed by atoms with Gasteiger partial charge in [0.1, 0.15) is 5.82 Å². The molecule has 2 heterocycles. The minimum atomic E-state index is -3.43. The molecule has 2 aromatic rings. The van der Waals surface area contributed by atoms with E-state index in [2.05, 4.69) is 16.8 Å². The molecule has 0 atom stereocenters. The SMILES string of the molecule is CCc1ccc(S(=O)(=O)N(CC)CC2CCN(c3ccccn3)CC2)cc1. The molecule has 27 heavy (non-hydrogen) atoms. The Hall–Kier alpha value is -1.92. The van der Waals surface area contributed by atoms with E-state index in [1.54, 1.807) is 16.4 Å².